The maximum Gasteiger partial charge on any atom is 0.231 e. The molecule has 1 amide bonds. The highest BCUT2D eigenvalue weighted by Crippen LogP contribution is 2.24. The molecule has 1 aromatic heterocycles. The number of H-pyrrole nitrogens is 1. The summed E-state index contributed by atoms with van der Waals surface area (Å²) < 4.78 is 0. The Bertz CT molecular complexity index is 630. The van der Waals surface area contributed by atoms with Crippen LogP contribution in [0, 0.1) is 12.3 Å². The lowest BCUT2D eigenvalue weighted by atomic mass is 9.86. The molecular weight excluding hydrogens is 266 g/mol. The predicted molar refractivity (Wildman–Crippen MR) is 82.6 cm³/mol. The number of carbonyl (C=O) groups is 1. The van der Waals surface area contributed by atoms with Gasteiger partial charge in [0.2, 0.25) is 5.91 Å². The fourth-order valence-corrected chi connectivity index (χ4v) is 1.89. The highest BCUT2D eigenvalue weighted by atomic mass is 16.2. The number of nitrogens with zero attached hydrogens (tertiary/aromatic N) is 2. The third-order valence-corrected chi connectivity index (χ3v) is 3.75. The van der Waals surface area contributed by atoms with E-state index in [0.29, 0.717) is 24.5 Å². The summed E-state index contributed by atoms with van der Waals surface area (Å²) in [6.45, 7) is 5.98. The molecule has 0 saturated carbocycles. The summed E-state index contributed by atoms with van der Waals surface area (Å²) in [5, 5.41) is 9.84. The molecule has 0 bridgehead atoms. The molecule has 6 heteroatoms. The Labute approximate surface area is 124 Å². The lowest BCUT2D eigenvalue weighted by Gasteiger charge is -2.25. The van der Waals surface area contributed by atoms with Crippen molar-refractivity contribution >= 4 is 11.6 Å². The lowest BCUT2D eigenvalue weighted by molar-refractivity contribution is -0.124. The number of aromatic amines is 1. The summed E-state index contributed by atoms with van der Waals surface area (Å²) in [5.41, 5.74) is 6.72. The van der Waals surface area contributed by atoms with Gasteiger partial charge in [0.05, 0.1) is 5.41 Å². The van der Waals surface area contributed by atoms with Crippen LogP contribution in [0.5, 0.6) is 0 Å². The number of anilines is 1. The number of nitrogens with two attached hydrogens (primary N) is 1. The Morgan fingerprint density at radius 1 is 1.48 bits per heavy atom. The summed E-state index contributed by atoms with van der Waals surface area (Å²) >= 11 is 0. The Morgan fingerprint density at radius 3 is 2.81 bits per heavy atom. The molecular formula is C15H21N5O. The largest absolute Gasteiger partial charge is 0.329 e. The van der Waals surface area contributed by atoms with Gasteiger partial charge in [-0.1, -0.05) is 19.1 Å². The van der Waals surface area contributed by atoms with Crippen LogP contribution >= 0.6 is 0 Å². The Hall–Kier alpha value is -2.21. The number of rotatable bonds is 5. The monoisotopic (exact) mass is 287 g/mol. The molecule has 0 radical (unpaired) electrons. The zero-order chi connectivity index (χ0) is 15.5. The van der Waals surface area contributed by atoms with Gasteiger partial charge in [-0.15, -0.1) is 0 Å². The quantitative estimate of drug-likeness (QED) is 0.784. The average Bonchev–Trinajstić information content (AvgIpc) is 2.93. The molecule has 0 aliphatic carbocycles. The number of hydrogen-bond donors (Lipinski definition) is 3. The molecule has 1 aromatic carbocycles. The molecule has 1 heterocycles. The first-order chi connectivity index (χ1) is 9.98. The molecule has 21 heavy (non-hydrogen) atoms. The van der Waals surface area contributed by atoms with Gasteiger partial charge in [0.15, 0.2) is 5.82 Å². The van der Waals surface area contributed by atoms with Crippen LogP contribution in [0.2, 0.25) is 0 Å². The zero-order valence-electron chi connectivity index (χ0n) is 12.6. The number of hydrogen-bond acceptors (Lipinski definition) is 4. The van der Waals surface area contributed by atoms with Crippen molar-refractivity contribution in [1.82, 2.24) is 15.2 Å². The van der Waals surface area contributed by atoms with E-state index in [1.54, 1.807) is 0 Å². The fourth-order valence-electron chi connectivity index (χ4n) is 1.89. The van der Waals surface area contributed by atoms with Crippen molar-refractivity contribution < 1.29 is 4.79 Å². The molecule has 2 aromatic rings. The SMILES string of the molecule is CCC(C)(CN)C(=O)Nc1cccc(-c2n[nH]c(C)n2)c1. The Kier molecular flexibility index (Phi) is 4.37. The first-order valence-corrected chi connectivity index (χ1v) is 6.99. The molecule has 1 unspecified atom stereocenters. The first-order valence-electron chi connectivity index (χ1n) is 6.99. The van der Waals surface area contributed by atoms with Crippen molar-refractivity contribution in [3.05, 3.63) is 30.1 Å². The maximum absolute atomic E-state index is 12.3. The van der Waals surface area contributed by atoms with E-state index < -0.39 is 5.41 Å². The molecule has 0 aliphatic heterocycles. The molecule has 1 atom stereocenters. The van der Waals surface area contributed by atoms with Gasteiger partial charge in [-0.2, -0.15) is 5.10 Å². The maximum atomic E-state index is 12.3. The van der Waals surface area contributed by atoms with E-state index in [2.05, 4.69) is 20.5 Å². The van der Waals surface area contributed by atoms with Gasteiger partial charge in [-0.3, -0.25) is 9.89 Å². The van der Waals surface area contributed by atoms with Crippen LogP contribution in [0.25, 0.3) is 11.4 Å². The minimum atomic E-state index is -0.558. The van der Waals surface area contributed by atoms with E-state index in [0.717, 1.165) is 11.4 Å². The number of carbonyl (C=O) groups excluding carboxylic acids is 1. The van der Waals surface area contributed by atoms with Crippen molar-refractivity contribution in [1.29, 1.82) is 0 Å². The highest BCUT2D eigenvalue weighted by Gasteiger charge is 2.29. The van der Waals surface area contributed by atoms with Gasteiger partial charge in [-0.05, 0) is 32.4 Å². The van der Waals surface area contributed by atoms with E-state index in [1.807, 2.05) is 45.0 Å². The van der Waals surface area contributed by atoms with Gasteiger partial charge >= 0.3 is 0 Å². The summed E-state index contributed by atoms with van der Waals surface area (Å²) in [7, 11) is 0. The van der Waals surface area contributed by atoms with Gasteiger partial charge in [0.1, 0.15) is 5.82 Å². The highest BCUT2D eigenvalue weighted by molar-refractivity contribution is 5.95. The molecule has 4 N–H and O–H groups in total. The van der Waals surface area contributed by atoms with Crippen LogP contribution in [-0.2, 0) is 4.79 Å². The average molecular weight is 287 g/mol. The normalized spacial score (nSPS) is 13.7. The Balaban J connectivity index is 2.20. The molecule has 6 nitrogen and oxygen atoms in total. The van der Waals surface area contributed by atoms with E-state index in [4.69, 9.17) is 5.73 Å². The summed E-state index contributed by atoms with van der Waals surface area (Å²) in [4.78, 5) is 16.6. The topological polar surface area (TPSA) is 96.7 Å². The van der Waals surface area contributed by atoms with E-state index in [9.17, 15) is 4.79 Å². The van der Waals surface area contributed by atoms with E-state index in [1.165, 1.54) is 0 Å². The molecule has 0 fully saturated rings. The molecule has 112 valence electrons. The third kappa shape index (κ3) is 3.28. The van der Waals surface area contributed by atoms with Crippen LogP contribution < -0.4 is 11.1 Å². The predicted octanol–water partition coefficient (Wildman–Crippen LogP) is 2.09. The van der Waals surface area contributed by atoms with E-state index in [-0.39, 0.29) is 5.91 Å². The van der Waals surface area contributed by atoms with Crippen LogP contribution in [0.3, 0.4) is 0 Å². The van der Waals surface area contributed by atoms with Gasteiger partial charge in [-0.25, -0.2) is 4.98 Å². The smallest absolute Gasteiger partial charge is 0.231 e. The van der Waals surface area contributed by atoms with Gasteiger partial charge in [0, 0.05) is 17.8 Å². The number of benzene rings is 1. The molecule has 0 aliphatic rings. The summed E-state index contributed by atoms with van der Waals surface area (Å²) in [5.74, 6) is 1.29. The second-order valence-electron chi connectivity index (χ2n) is 5.40. The third-order valence-electron chi connectivity index (χ3n) is 3.75. The Morgan fingerprint density at radius 2 is 2.24 bits per heavy atom. The standard InChI is InChI=1S/C15H21N5O/c1-4-15(3,9-16)14(21)18-12-7-5-6-11(8-12)13-17-10(2)19-20-13/h5-8H,4,9,16H2,1-3H3,(H,18,21)(H,17,19,20). The van der Waals surface area contributed by atoms with Crippen LogP contribution in [0.1, 0.15) is 26.1 Å². The van der Waals surface area contributed by atoms with Crippen LogP contribution in [-0.4, -0.2) is 27.6 Å². The molecule has 0 spiro atoms. The number of aromatic nitrogens is 3. The fraction of sp³-hybridized carbons (Fsp3) is 0.400. The van der Waals surface area contributed by atoms with Crippen molar-refractivity contribution in [2.75, 3.05) is 11.9 Å². The zero-order valence-corrected chi connectivity index (χ0v) is 12.6. The second-order valence-corrected chi connectivity index (χ2v) is 5.40. The van der Waals surface area contributed by atoms with Crippen molar-refractivity contribution in [3.8, 4) is 11.4 Å². The number of aryl methyl sites for hydroxylation is 1. The molecule has 0 saturated heterocycles. The minimum Gasteiger partial charge on any atom is -0.329 e. The van der Waals surface area contributed by atoms with Crippen molar-refractivity contribution in [2.24, 2.45) is 11.1 Å². The van der Waals surface area contributed by atoms with Gasteiger partial charge in [0.25, 0.3) is 0 Å². The van der Waals surface area contributed by atoms with Gasteiger partial charge < -0.3 is 11.1 Å². The number of amides is 1. The van der Waals surface area contributed by atoms with E-state index >= 15 is 0 Å². The minimum absolute atomic E-state index is 0.0733. The lowest BCUT2D eigenvalue weighted by Crippen LogP contribution is -2.39. The van der Waals surface area contributed by atoms with Crippen molar-refractivity contribution in [3.63, 3.8) is 0 Å². The first kappa shape index (κ1) is 15.2. The van der Waals surface area contributed by atoms with Crippen LogP contribution in [0.4, 0.5) is 5.69 Å². The summed E-state index contributed by atoms with van der Waals surface area (Å²) in [6.07, 6.45) is 0.690. The van der Waals surface area contributed by atoms with Crippen LogP contribution in [0.15, 0.2) is 24.3 Å². The molecule has 2 rings (SSSR count). The second kappa shape index (κ2) is 6.05. The summed E-state index contributed by atoms with van der Waals surface area (Å²) in [6, 6.07) is 7.46. The number of nitrogens with one attached hydrogen (secondary N) is 2. The van der Waals surface area contributed by atoms with Crippen molar-refractivity contribution in [2.45, 2.75) is 27.2 Å².